The van der Waals surface area contributed by atoms with Crippen molar-refractivity contribution in [2.75, 3.05) is 72.0 Å². The predicted octanol–water partition coefficient (Wildman–Crippen LogP) is 9.70. The van der Waals surface area contributed by atoms with Crippen LogP contribution in [0.25, 0.3) is 11.1 Å². The van der Waals surface area contributed by atoms with Crippen LogP contribution in [0.15, 0.2) is 24.3 Å². The van der Waals surface area contributed by atoms with Crippen molar-refractivity contribution >= 4 is 33.9 Å². The zero-order valence-electron chi connectivity index (χ0n) is 32.9. The maximum atomic E-state index is 7.60. The Hall–Kier alpha value is -4.58. The first-order chi connectivity index (χ1) is 27.8. The van der Waals surface area contributed by atoms with E-state index in [0.717, 1.165) is 51.4 Å². The summed E-state index contributed by atoms with van der Waals surface area (Å²) in [7, 11) is 0. The van der Waals surface area contributed by atoms with Crippen molar-refractivity contribution in [2.45, 2.75) is 103 Å². The summed E-state index contributed by atoms with van der Waals surface area (Å²) in [5.74, 6) is 4.67. The van der Waals surface area contributed by atoms with Crippen molar-refractivity contribution in [3.05, 3.63) is 91.0 Å². The molecule has 6 nitrogen and oxygen atoms in total. The number of ether oxygens (including phenoxy) is 2. The van der Waals surface area contributed by atoms with Crippen LogP contribution in [0.5, 0.6) is 23.0 Å². The van der Waals surface area contributed by atoms with E-state index >= 15 is 0 Å². The molecule has 10 aliphatic rings. The molecule has 0 unspecified atom stereocenters. The third-order valence-corrected chi connectivity index (χ3v) is 15.6. The number of anilines is 4. The fourth-order valence-electron chi connectivity index (χ4n) is 13.6. The van der Waals surface area contributed by atoms with Gasteiger partial charge in [0.1, 0.15) is 23.0 Å². The lowest BCUT2D eigenvalue weighted by Crippen LogP contribution is -2.36. The van der Waals surface area contributed by atoms with Gasteiger partial charge in [-0.3, -0.25) is 0 Å². The van der Waals surface area contributed by atoms with Crippen LogP contribution in [-0.2, 0) is 51.4 Å². The predicted molar refractivity (Wildman–Crippen MR) is 226 cm³/mol. The number of hydrogen-bond donors (Lipinski definition) is 0. The zero-order valence-corrected chi connectivity index (χ0v) is 32.9. The molecule has 0 saturated carbocycles. The van der Waals surface area contributed by atoms with Gasteiger partial charge in [0.15, 0.2) is 0 Å². The molecule has 0 N–H and O–H groups in total. The Morgan fingerprint density at radius 2 is 0.536 bits per heavy atom. The van der Waals surface area contributed by atoms with Crippen LogP contribution in [-0.4, -0.2) is 52.4 Å². The summed E-state index contributed by atoms with van der Waals surface area (Å²) in [6, 6.07) is 10.5. The molecule has 6 heteroatoms. The van der Waals surface area contributed by atoms with E-state index in [9.17, 15) is 0 Å². The van der Waals surface area contributed by atoms with Gasteiger partial charge in [-0.2, -0.15) is 0 Å². The maximum Gasteiger partial charge on any atom is 0.140 e. The molecule has 0 saturated heterocycles. The van der Waals surface area contributed by atoms with Gasteiger partial charge in [0.2, 0.25) is 0 Å². The summed E-state index contributed by atoms with van der Waals surface area (Å²) in [5, 5.41) is 0. The number of aryl methyl sites for hydroxylation is 4. The second kappa shape index (κ2) is 11.5. The van der Waals surface area contributed by atoms with Crippen LogP contribution in [0.2, 0.25) is 0 Å². The van der Waals surface area contributed by atoms with Crippen LogP contribution in [0.4, 0.5) is 22.7 Å². The van der Waals surface area contributed by atoms with Crippen molar-refractivity contribution in [1.82, 2.24) is 0 Å². The highest BCUT2D eigenvalue weighted by Gasteiger charge is 2.43. The SMILES string of the molecule is c1c2c3c(c4c1C(=C1c5cc6c7c(c5Oc5c1cc1c8c5CCCN8CCC1)CCCN7CCC6)c1cc5c6c(c1O4)CCCN6CCC5)CCCN3CCC2. The average Bonchev–Trinajstić information content (AvgIpc) is 3.24. The van der Waals surface area contributed by atoms with Gasteiger partial charge in [-0.15, -0.1) is 0 Å². The minimum Gasteiger partial charge on any atom is -0.455 e. The number of hydrogen-bond acceptors (Lipinski definition) is 6. The van der Waals surface area contributed by atoms with Crippen LogP contribution in [0.3, 0.4) is 0 Å². The van der Waals surface area contributed by atoms with E-state index < -0.39 is 0 Å². The number of rotatable bonds is 0. The first-order valence-electron chi connectivity index (χ1n) is 22.6. The van der Waals surface area contributed by atoms with Crippen LogP contribution < -0.4 is 29.1 Å². The monoisotopic (exact) mass is 740 g/mol. The molecule has 14 rings (SSSR count). The molecule has 0 radical (unpaired) electrons. The normalized spacial score (nSPS) is 21.7. The molecule has 0 fully saturated rings. The quantitative estimate of drug-likeness (QED) is 0.154. The van der Waals surface area contributed by atoms with E-state index in [0.29, 0.717) is 0 Å². The summed E-state index contributed by atoms with van der Waals surface area (Å²) in [5.41, 5.74) is 26.4. The Kier molecular flexibility index (Phi) is 6.48. The summed E-state index contributed by atoms with van der Waals surface area (Å²) in [6.07, 6.45) is 18.8. The van der Waals surface area contributed by atoms with E-state index in [4.69, 9.17) is 9.47 Å². The van der Waals surface area contributed by atoms with Crippen LogP contribution in [0.1, 0.15) is 118 Å². The first kappa shape index (κ1) is 31.5. The van der Waals surface area contributed by atoms with E-state index in [-0.39, 0.29) is 0 Å². The molecule has 56 heavy (non-hydrogen) atoms. The molecule has 284 valence electrons. The molecule has 4 aromatic rings. The van der Waals surface area contributed by atoms with Crippen LogP contribution in [0, 0.1) is 0 Å². The third kappa shape index (κ3) is 4.13. The van der Waals surface area contributed by atoms with E-state index in [1.807, 2.05) is 0 Å². The van der Waals surface area contributed by atoms with Gasteiger partial charge >= 0.3 is 0 Å². The standard InChI is InChI=1S/C50H52N4O2/c1-9-29-25-37-41(38-26-30-10-2-18-52-22-6-14-34(44(30)52)48(38)55-47(37)33-13-5-21-51(17-1)43(29)33)42-39-27-31-11-3-19-53-23-7-15-35(45(31)53)49(39)56-50-36-16-8-24-54-20-4-12-32(46(36)54)28-40(42)50/h25-28H,1-24H2. The molecular formula is C50H52N4O2. The van der Waals surface area contributed by atoms with Crippen molar-refractivity contribution in [1.29, 1.82) is 0 Å². The molecule has 0 aromatic heterocycles. The third-order valence-electron chi connectivity index (χ3n) is 15.6. The lowest BCUT2D eigenvalue weighted by Gasteiger charge is -2.43. The summed E-state index contributed by atoms with van der Waals surface area (Å²) in [6.45, 7) is 9.37. The smallest absolute Gasteiger partial charge is 0.140 e. The molecular weight excluding hydrogens is 689 g/mol. The number of benzene rings is 4. The van der Waals surface area contributed by atoms with Gasteiger partial charge in [-0.05, 0) is 149 Å². The zero-order chi connectivity index (χ0) is 36.2. The fraction of sp³-hybridized carbons (Fsp3) is 0.480. The first-order valence-corrected chi connectivity index (χ1v) is 22.6. The topological polar surface area (TPSA) is 31.4 Å². The minimum atomic E-state index is 1.10. The molecule has 0 bridgehead atoms. The second-order valence-electron chi connectivity index (χ2n) is 18.7. The molecule has 10 aliphatic heterocycles. The van der Waals surface area contributed by atoms with Crippen molar-refractivity contribution < 1.29 is 9.47 Å². The van der Waals surface area contributed by atoms with Crippen molar-refractivity contribution in [3.8, 4) is 23.0 Å². The highest BCUT2D eigenvalue weighted by Crippen LogP contribution is 2.62. The van der Waals surface area contributed by atoms with Gasteiger partial charge in [0, 0.05) is 131 Å². The fourth-order valence-corrected chi connectivity index (χ4v) is 13.6. The second-order valence-corrected chi connectivity index (χ2v) is 18.7. The molecule has 0 amide bonds. The van der Waals surface area contributed by atoms with Gasteiger partial charge in [0.25, 0.3) is 0 Å². The van der Waals surface area contributed by atoms with Gasteiger partial charge in [0.05, 0.1) is 0 Å². The highest BCUT2D eigenvalue weighted by atomic mass is 16.5. The lowest BCUT2D eigenvalue weighted by atomic mass is 9.75. The minimum absolute atomic E-state index is 1.10. The van der Waals surface area contributed by atoms with E-state index in [1.165, 1.54) is 205 Å². The Bertz CT molecular complexity index is 2150. The van der Waals surface area contributed by atoms with Crippen LogP contribution >= 0.6 is 0 Å². The van der Waals surface area contributed by atoms with E-state index in [2.05, 4.69) is 43.9 Å². The highest BCUT2D eigenvalue weighted by molar-refractivity contribution is 6.12. The van der Waals surface area contributed by atoms with E-state index in [1.54, 1.807) is 22.3 Å². The molecule has 0 aliphatic carbocycles. The molecule has 0 spiro atoms. The molecule has 10 heterocycles. The Labute approximate surface area is 331 Å². The maximum absolute atomic E-state index is 7.60. The lowest BCUT2D eigenvalue weighted by molar-refractivity contribution is 0.450. The summed E-state index contributed by atoms with van der Waals surface area (Å²) in [4.78, 5) is 10.8. The Morgan fingerprint density at radius 1 is 0.304 bits per heavy atom. The van der Waals surface area contributed by atoms with Crippen molar-refractivity contribution in [2.24, 2.45) is 0 Å². The Morgan fingerprint density at radius 3 is 0.786 bits per heavy atom. The summed E-state index contributed by atoms with van der Waals surface area (Å²) < 4.78 is 15.2. The summed E-state index contributed by atoms with van der Waals surface area (Å²) >= 11 is 0. The number of nitrogens with zero attached hydrogens (tertiary/aromatic N) is 4. The Balaban J connectivity index is 1.16. The van der Waals surface area contributed by atoms with Crippen molar-refractivity contribution in [3.63, 3.8) is 0 Å². The molecule has 0 atom stereocenters. The average molecular weight is 741 g/mol. The molecule has 4 aromatic carbocycles. The van der Waals surface area contributed by atoms with Gasteiger partial charge < -0.3 is 29.1 Å². The van der Waals surface area contributed by atoms with Gasteiger partial charge in [-0.25, -0.2) is 0 Å². The number of fused-ring (bicyclic) bond motifs is 8. The van der Waals surface area contributed by atoms with Gasteiger partial charge in [-0.1, -0.05) is 0 Å². The largest absolute Gasteiger partial charge is 0.455 e.